The Morgan fingerprint density at radius 2 is 1.83 bits per heavy atom. The number of anilines is 1. The zero-order valence-corrected chi connectivity index (χ0v) is 19.9. The van der Waals surface area contributed by atoms with Gasteiger partial charge >= 0.3 is 0 Å². The van der Waals surface area contributed by atoms with E-state index in [2.05, 4.69) is 20.3 Å². The molecule has 0 saturated carbocycles. The number of hydrogen-bond donors (Lipinski definition) is 2. The van der Waals surface area contributed by atoms with Gasteiger partial charge in [-0.2, -0.15) is 5.10 Å². The van der Waals surface area contributed by atoms with Crippen LogP contribution in [0.25, 0.3) is 16.9 Å². The quantitative estimate of drug-likeness (QED) is 0.418. The highest BCUT2D eigenvalue weighted by molar-refractivity contribution is 6.08. The number of nitrogens with two attached hydrogens (primary N) is 1. The van der Waals surface area contributed by atoms with E-state index in [9.17, 15) is 9.59 Å². The van der Waals surface area contributed by atoms with E-state index in [1.54, 1.807) is 23.3 Å². The summed E-state index contributed by atoms with van der Waals surface area (Å²) in [7, 11) is 0. The number of nitrogens with zero attached hydrogens (tertiary/aromatic N) is 4. The Balaban J connectivity index is 1.32. The molecule has 2 aromatic heterocycles. The maximum absolute atomic E-state index is 13.3. The first kappa shape index (κ1) is 23.4. The van der Waals surface area contributed by atoms with Crippen LogP contribution in [0.4, 0.5) is 5.69 Å². The molecule has 1 atom stereocenters. The number of likely N-dealkylation sites (tertiary alicyclic amines) is 1. The monoisotopic (exact) mass is 480 g/mol. The molecule has 4 aromatic rings. The van der Waals surface area contributed by atoms with Crippen LogP contribution in [0.1, 0.15) is 28.8 Å². The fourth-order valence-electron chi connectivity index (χ4n) is 4.55. The van der Waals surface area contributed by atoms with Gasteiger partial charge in [-0.3, -0.25) is 19.5 Å². The molecule has 0 bridgehead atoms. The van der Waals surface area contributed by atoms with Crippen molar-refractivity contribution in [2.24, 2.45) is 11.7 Å². The summed E-state index contributed by atoms with van der Waals surface area (Å²) in [4.78, 5) is 31.3. The summed E-state index contributed by atoms with van der Waals surface area (Å²) in [5.41, 5.74) is 9.97. The lowest BCUT2D eigenvalue weighted by Crippen LogP contribution is -2.40. The molecule has 1 saturated heterocycles. The zero-order chi connectivity index (χ0) is 24.9. The third kappa shape index (κ3) is 5.34. The lowest BCUT2D eigenvalue weighted by atomic mass is 9.97. The number of benzene rings is 2. The maximum Gasteiger partial charge on any atom is 0.259 e. The zero-order valence-electron chi connectivity index (χ0n) is 19.9. The summed E-state index contributed by atoms with van der Waals surface area (Å²) in [6.45, 7) is 2.38. The van der Waals surface area contributed by atoms with Crippen molar-refractivity contribution in [3.63, 3.8) is 0 Å². The first-order chi connectivity index (χ1) is 17.6. The summed E-state index contributed by atoms with van der Waals surface area (Å²) >= 11 is 0. The molecule has 8 nitrogen and oxygen atoms in total. The van der Waals surface area contributed by atoms with Crippen LogP contribution in [0, 0.1) is 5.92 Å². The van der Waals surface area contributed by atoms with Crippen molar-refractivity contribution in [3.05, 3.63) is 96.4 Å². The number of amides is 2. The minimum atomic E-state index is -0.246. The van der Waals surface area contributed by atoms with Gasteiger partial charge in [0.2, 0.25) is 5.91 Å². The van der Waals surface area contributed by atoms with E-state index in [0.717, 1.165) is 42.7 Å². The summed E-state index contributed by atoms with van der Waals surface area (Å²) in [6.07, 6.45) is 6.97. The summed E-state index contributed by atoms with van der Waals surface area (Å²) in [6, 6.07) is 21.2. The number of piperidine rings is 1. The first-order valence-corrected chi connectivity index (χ1v) is 12.0. The molecule has 5 rings (SSSR count). The van der Waals surface area contributed by atoms with Gasteiger partial charge in [-0.1, -0.05) is 30.3 Å². The Morgan fingerprint density at radius 3 is 2.56 bits per heavy atom. The first-order valence-electron chi connectivity index (χ1n) is 12.0. The minimum Gasteiger partial charge on any atom is -0.369 e. The van der Waals surface area contributed by atoms with E-state index in [0.29, 0.717) is 23.5 Å². The largest absolute Gasteiger partial charge is 0.369 e. The van der Waals surface area contributed by atoms with E-state index in [1.807, 2.05) is 66.7 Å². The second-order valence-electron chi connectivity index (χ2n) is 9.04. The van der Waals surface area contributed by atoms with Gasteiger partial charge in [-0.15, -0.1) is 0 Å². The predicted molar refractivity (Wildman–Crippen MR) is 138 cm³/mol. The van der Waals surface area contributed by atoms with Gasteiger partial charge < -0.3 is 11.1 Å². The normalized spacial score (nSPS) is 15.9. The molecular weight excluding hydrogens is 452 g/mol. The molecule has 1 unspecified atom stereocenters. The number of primary amides is 1. The van der Waals surface area contributed by atoms with Gasteiger partial charge in [0.15, 0.2) is 0 Å². The van der Waals surface area contributed by atoms with Crippen molar-refractivity contribution < 1.29 is 9.59 Å². The molecule has 2 amide bonds. The van der Waals surface area contributed by atoms with Gasteiger partial charge in [0.05, 0.1) is 17.2 Å². The Morgan fingerprint density at radius 1 is 1.03 bits per heavy atom. The number of aromatic nitrogens is 3. The number of hydrogen-bond acceptors (Lipinski definition) is 5. The minimum absolute atomic E-state index is 0.0804. The summed E-state index contributed by atoms with van der Waals surface area (Å²) in [5.74, 6) is -0.550. The van der Waals surface area contributed by atoms with Crippen LogP contribution in [0.15, 0.2) is 85.3 Å². The van der Waals surface area contributed by atoms with Gasteiger partial charge in [0.1, 0.15) is 5.69 Å². The SMILES string of the molecule is NC(=O)C1CCCN(Cc2ccc(NC(=O)c3cn(-c4ccccc4)nc3-c3cccnc3)cc2)C1. The molecule has 1 fully saturated rings. The molecule has 2 aromatic carbocycles. The molecule has 182 valence electrons. The molecule has 0 spiro atoms. The van der Waals surface area contributed by atoms with Crippen LogP contribution in [0.3, 0.4) is 0 Å². The molecular formula is C28H28N6O2. The number of para-hydroxylation sites is 1. The molecule has 0 radical (unpaired) electrons. The Labute approximate surface area is 209 Å². The molecule has 3 N–H and O–H groups in total. The van der Waals surface area contributed by atoms with E-state index in [-0.39, 0.29) is 17.7 Å². The van der Waals surface area contributed by atoms with Crippen LogP contribution in [0.2, 0.25) is 0 Å². The second-order valence-corrected chi connectivity index (χ2v) is 9.04. The predicted octanol–water partition coefficient (Wildman–Crippen LogP) is 3.88. The third-order valence-electron chi connectivity index (χ3n) is 6.44. The number of pyridine rings is 1. The fourth-order valence-corrected chi connectivity index (χ4v) is 4.55. The van der Waals surface area contributed by atoms with Crippen LogP contribution < -0.4 is 11.1 Å². The molecule has 36 heavy (non-hydrogen) atoms. The third-order valence-corrected chi connectivity index (χ3v) is 6.44. The second kappa shape index (κ2) is 10.5. The number of nitrogens with one attached hydrogen (secondary N) is 1. The van der Waals surface area contributed by atoms with Crippen LogP contribution in [0.5, 0.6) is 0 Å². The van der Waals surface area contributed by atoms with Crippen LogP contribution >= 0.6 is 0 Å². The summed E-state index contributed by atoms with van der Waals surface area (Å²) < 4.78 is 1.71. The van der Waals surface area contributed by atoms with Gasteiger partial charge in [0, 0.05) is 42.9 Å². The summed E-state index contributed by atoms with van der Waals surface area (Å²) in [5, 5.41) is 7.69. The van der Waals surface area contributed by atoms with Gasteiger partial charge in [-0.05, 0) is 61.3 Å². The molecule has 3 heterocycles. The lowest BCUT2D eigenvalue weighted by molar-refractivity contribution is -0.123. The average molecular weight is 481 g/mol. The van der Waals surface area contributed by atoms with Gasteiger partial charge in [0.25, 0.3) is 5.91 Å². The van der Waals surface area contributed by atoms with Crippen molar-refractivity contribution in [1.82, 2.24) is 19.7 Å². The maximum atomic E-state index is 13.3. The van der Waals surface area contributed by atoms with E-state index < -0.39 is 0 Å². The topological polar surface area (TPSA) is 106 Å². The van der Waals surface area contributed by atoms with E-state index in [1.165, 1.54) is 0 Å². The standard InChI is InChI=1S/C28H28N6O2/c29-27(35)22-7-5-15-33(18-22)17-20-10-12-23(13-11-20)31-28(36)25-19-34(24-8-2-1-3-9-24)32-26(25)21-6-4-14-30-16-21/h1-4,6,8-14,16,19,22H,5,7,15,17-18H2,(H2,29,35)(H,31,36). The molecule has 1 aliphatic heterocycles. The van der Waals surface area contributed by atoms with Crippen molar-refractivity contribution in [2.45, 2.75) is 19.4 Å². The van der Waals surface area contributed by atoms with E-state index >= 15 is 0 Å². The Bertz CT molecular complexity index is 1340. The number of carbonyl (C=O) groups excluding carboxylic acids is 2. The molecule has 1 aliphatic rings. The smallest absolute Gasteiger partial charge is 0.259 e. The molecule has 0 aliphatic carbocycles. The van der Waals surface area contributed by atoms with Crippen molar-refractivity contribution in [3.8, 4) is 16.9 Å². The van der Waals surface area contributed by atoms with Crippen molar-refractivity contribution >= 4 is 17.5 Å². The number of carbonyl (C=O) groups is 2. The Kier molecular flexibility index (Phi) is 6.86. The van der Waals surface area contributed by atoms with E-state index in [4.69, 9.17) is 5.73 Å². The lowest BCUT2D eigenvalue weighted by Gasteiger charge is -2.31. The van der Waals surface area contributed by atoms with Crippen molar-refractivity contribution in [2.75, 3.05) is 18.4 Å². The Hall–Kier alpha value is -4.30. The number of rotatable bonds is 7. The van der Waals surface area contributed by atoms with Crippen LogP contribution in [-0.4, -0.2) is 44.6 Å². The van der Waals surface area contributed by atoms with Crippen molar-refractivity contribution in [1.29, 1.82) is 0 Å². The molecule has 8 heteroatoms. The van der Waals surface area contributed by atoms with Crippen LogP contribution in [-0.2, 0) is 11.3 Å². The highest BCUT2D eigenvalue weighted by Gasteiger charge is 2.24. The highest BCUT2D eigenvalue weighted by Crippen LogP contribution is 2.25. The average Bonchev–Trinajstić information content (AvgIpc) is 3.37. The fraction of sp³-hybridized carbons (Fsp3) is 0.214. The van der Waals surface area contributed by atoms with Gasteiger partial charge in [-0.25, -0.2) is 4.68 Å². The highest BCUT2D eigenvalue weighted by atomic mass is 16.2.